The van der Waals surface area contributed by atoms with E-state index >= 15 is 0 Å². The maximum atomic E-state index is 12.2. The molecule has 0 unspecified atom stereocenters. The predicted octanol–water partition coefficient (Wildman–Crippen LogP) is 1.36. The minimum atomic E-state index is -3.90. The van der Waals surface area contributed by atoms with Crippen molar-refractivity contribution in [1.29, 1.82) is 0 Å². The van der Waals surface area contributed by atoms with E-state index in [-0.39, 0.29) is 17.0 Å². The molecular weight excluding hydrogens is 344 g/mol. The molecule has 3 N–H and O–H groups in total. The Kier molecular flexibility index (Phi) is 5.55. The molecule has 0 spiro atoms. The fourth-order valence-corrected chi connectivity index (χ4v) is 3.02. The molecule has 0 aliphatic rings. The van der Waals surface area contributed by atoms with Gasteiger partial charge in [-0.25, -0.2) is 18.4 Å². The summed E-state index contributed by atoms with van der Waals surface area (Å²) in [6.07, 6.45) is 0. The maximum Gasteiger partial charge on any atom is 0.337 e. The molecule has 0 aliphatic carbocycles. The number of sulfonamides is 1. The largest absolute Gasteiger partial charge is 0.465 e. The monoisotopic (exact) mass is 362 g/mol. The van der Waals surface area contributed by atoms with Crippen molar-refractivity contribution >= 4 is 21.9 Å². The summed E-state index contributed by atoms with van der Waals surface area (Å²) in [6, 6.07) is 10.9. The Bertz CT molecular complexity index is 905. The van der Waals surface area contributed by atoms with Crippen LogP contribution in [0.15, 0.2) is 47.4 Å². The maximum absolute atomic E-state index is 12.2. The van der Waals surface area contributed by atoms with Gasteiger partial charge < -0.3 is 10.1 Å². The van der Waals surface area contributed by atoms with Crippen LogP contribution in [0.2, 0.25) is 0 Å². The second-order valence-electron chi connectivity index (χ2n) is 5.40. The summed E-state index contributed by atoms with van der Waals surface area (Å²) in [4.78, 5) is 23.5. The number of esters is 1. The van der Waals surface area contributed by atoms with Crippen molar-refractivity contribution in [3.8, 4) is 0 Å². The molecule has 2 aromatic rings. The minimum absolute atomic E-state index is 0.0809. The number of ether oxygens (including phenoxy) is 1. The topological polar surface area (TPSA) is 116 Å². The lowest BCUT2D eigenvalue weighted by atomic mass is 10.1. The molecule has 0 bridgehead atoms. The van der Waals surface area contributed by atoms with E-state index in [1.54, 1.807) is 31.2 Å². The smallest absolute Gasteiger partial charge is 0.337 e. The van der Waals surface area contributed by atoms with Crippen LogP contribution >= 0.6 is 0 Å². The van der Waals surface area contributed by atoms with Gasteiger partial charge in [0.2, 0.25) is 10.0 Å². The van der Waals surface area contributed by atoms with Gasteiger partial charge in [-0.1, -0.05) is 18.2 Å². The molecule has 0 saturated heterocycles. The number of carbonyl (C=O) groups excluding carboxylic acids is 2. The molecule has 0 fully saturated rings. The van der Waals surface area contributed by atoms with Crippen LogP contribution in [0.5, 0.6) is 0 Å². The molecule has 2 aromatic carbocycles. The lowest BCUT2D eigenvalue weighted by Crippen LogP contribution is -2.23. The molecule has 7 nitrogen and oxygen atoms in total. The number of amides is 1. The summed E-state index contributed by atoms with van der Waals surface area (Å²) < 4.78 is 27.7. The number of rotatable bonds is 5. The van der Waals surface area contributed by atoms with Gasteiger partial charge in [0.25, 0.3) is 5.91 Å². The number of benzene rings is 2. The number of carbonyl (C=O) groups is 2. The predicted molar refractivity (Wildman–Crippen MR) is 91.5 cm³/mol. The second kappa shape index (κ2) is 7.45. The highest BCUT2D eigenvalue weighted by atomic mass is 32.2. The van der Waals surface area contributed by atoms with Crippen molar-refractivity contribution in [2.24, 2.45) is 5.14 Å². The van der Waals surface area contributed by atoms with Crippen LogP contribution in [0.4, 0.5) is 0 Å². The number of hydrogen-bond donors (Lipinski definition) is 2. The molecule has 25 heavy (non-hydrogen) atoms. The van der Waals surface area contributed by atoms with E-state index in [1.807, 2.05) is 0 Å². The fraction of sp³-hybridized carbons (Fsp3) is 0.176. The highest BCUT2D eigenvalue weighted by Crippen LogP contribution is 2.16. The summed E-state index contributed by atoms with van der Waals surface area (Å²) in [5.41, 5.74) is 1.85. The number of hydrogen-bond acceptors (Lipinski definition) is 5. The molecule has 2 rings (SSSR count). The van der Waals surface area contributed by atoms with Crippen molar-refractivity contribution in [3.05, 3.63) is 64.7 Å². The molecule has 1 amide bonds. The second-order valence-corrected chi connectivity index (χ2v) is 6.93. The van der Waals surface area contributed by atoms with Crippen LogP contribution in [-0.2, 0) is 21.3 Å². The first-order valence-electron chi connectivity index (χ1n) is 7.31. The Labute approximate surface area is 145 Å². The lowest BCUT2D eigenvalue weighted by molar-refractivity contribution is 0.0600. The Morgan fingerprint density at radius 1 is 1.08 bits per heavy atom. The van der Waals surface area contributed by atoms with Gasteiger partial charge in [-0.15, -0.1) is 0 Å². The zero-order chi connectivity index (χ0) is 18.6. The minimum Gasteiger partial charge on any atom is -0.465 e. The van der Waals surface area contributed by atoms with Gasteiger partial charge >= 0.3 is 5.97 Å². The zero-order valence-electron chi connectivity index (χ0n) is 13.8. The first kappa shape index (κ1) is 18.6. The molecule has 8 heteroatoms. The molecule has 0 heterocycles. The van der Waals surface area contributed by atoms with Gasteiger partial charge in [-0.3, -0.25) is 4.79 Å². The van der Waals surface area contributed by atoms with Crippen LogP contribution < -0.4 is 10.5 Å². The van der Waals surface area contributed by atoms with Crippen molar-refractivity contribution in [3.63, 3.8) is 0 Å². The van der Waals surface area contributed by atoms with Gasteiger partial charge in [0.1, 0.15) is 0 Å². The number of methoxy groups -OCH3 is 1. The van der Waals surface area contributed by atoms with Crippen LogP contribution in [0.1, 0.15) is 31.8 Å². The van der Waals surface area contributed by atoms with E-state index < -0.39 is 21.9 Å². The van der Waals surface area contributed by atoms with E-state index in [9.17, 15) is 18.0 Å². The average molecular weight is 362 g/mol. The van der Waals surface area contributed by atoms with Crippen LogP contribution in [0.3, 0.4) is 0 Å². The molecule has 0 radical (unpaired) electrons. The van der Waals surface area contributed by atoms with Crippen LogP contribution in [0, 0.1) is 6.92 Å². The van der Waals surface area contributed by atoms with Crippen molar-refractivity contribution < 1.29 is 22.7 Å². The lowest BCUT2D eigenvalue weighted by Gasteiger charge is -2.09. The van der Waals surface area contributed by atoms with Gasteiger partial charge in [-0.05, 0) is 42.3 Å². The quantitative estimate of drug-likeness (QED) is 0.779. The highest BCUT2D eigenvalue weighted by molar-refractivity contribution is 7.89. The first-order valence-corrected chi connectivity index (χ1v) is 8.86. The molecule has 132 valence electrons. The highest BCUT2D eigenvalue weighted by Gasteiger charge is 2.15. The summed E-state index contributed by atoms with van der Waals surface area (Å²) in [5, 5.41) is 7.83. The third kappa shape index (κ3) is 4.65. The van der Waals surface area contributed by atoms with Crippen molar-refractivity contribution in [2.45, 2.75) is 18.4 Å². The SMILES string of the molecule is COC(=O)c1ccc(CNC(=O)c2ccc(C)c(S(N)(=O)=O)c2)cc1. The van der Waals surface area contributed by atoms with Gasteiger partial charge in [-0.2, -0.15) is 0 Å². The van der Waals surface area contributed by atoms with Crippen LogP contribution in [0.25, 0.3) is 0 Å². The first-order chi connectivity index (χ1) is 11.7. The summed E-state index contributed by atoms with van der Waals surface area (Å²) >= 11 is 0. The van der Waals surface area contributed by atoms with Gasteiger partial charge in [0.05, 0.1) is 17.6 Å². The van der Waals surface area contributed by atoms with E-state index in [2.05, 4.69) is 10.1 Å². The van der Waals surface area contributed by atoms with E-state index in [4.69, 9.17) is 5.14 Å². The number of nitrogens with one attached hydrogen (secondary N) is 1. The summed E-state index contributed by atoms with van der Waals surface area (Å²) in [7, 11) is -2.60. The summed E-state index contributed by atoms with van der Waals surface area (Å²) in [5.74, 6) is -0.868. The Morgan fingerprint density at radius 2 is 1.68 bits per heavy atom. The number of aryl methyl sites for hydroxylation is 1. The van der Waals surface area contributed by atoms with Crippen LogP contribution in [-0.4, -0.2) is 27.4 Å². The molecule has 0 aromatic heterocycles. The number of nitrogens with two attached hydrogens (primary N) is 1. The molecular formula is C17H18N2O5S. The summed E-state index contributed by atoms with van der Waals surface area (Å²) in [6.45, 7) is 1.82. The van der Waals surface area contributed by atoms with E-state index in [0.717, 1.165) is 5.56 Å². The van der Waals surface area contributed by atoms with E-state index in [1.165, 1.54) is 25.3 Å². The third-order valence-corrected chi connectivity index (χ3v) is 4.64. The number of primary sulfonamides is 1. The van der Waals surface area contributed by atoms with Gasteiger partial charge in [0, 0.05) is 12.1 Å². The Hall–Kier alpha value is -2.71. The molecule has 0 aliphatic heterocycles. The van der Waals surface area contributed by atoms with E-state index in [0.29, 0.717) is 11.1 Å². The van der Waals surface area contributed by atoms with Crippen molar-refractivity contribution in [2.75, 3.05) is 7.11 Å². The standard InChI is InChI=1S/C17H18N2O5S/c1-11-3-6-14(9-15(11)25(18,22)23)16(20)19-10-12-4-7-13(8-5-12)17(21)24-2/h3-9H,10H2,1-2H3,(H,19,20)(H2,18,22,23). The normalized spacial score (nSPS) is 11.0. The fourth-order valence-electron chi connectivity index (χ4n) is 2.21. The Balaban J connectivity index is 2.09. The van der Waals surface area contributed by atoms with Gasteiger partial charge in [0.15, 0.2) is 0 Å². The zero-order valence-corrected chi connectivity index (χ0v) is 14.6. The average Bonchev–Trinajstić information content (AvgIpc) is 2.58. The molecule has 0 saturated carbocycles. The molecule has 0 atom stereocenters. The Morgan fingerprint density at radius 3 is 2.24 bits per heavy atom. The third-order valence-electron chi connectivity index (χ3n) is 3.58. The van der Waals surface area contributed by atoms with Crippen molar-refractivity contribution in [1.82, 2.24) is 5.32 Å².